The van der Waals surface area contributed by atoms with E-state index in [-0.39, 0.29) is 23.0 Å². The fourth-order valence-electron chi connectivity index (χ4n) is 1.27. The van der Waals surface area contributed by atoms with E-state index in [4.69, 9.17) is 9.47 Å². The third-order valence-corrected chi connectivity index (χ3v) is 3.60. The van der Waals surface area contributed by atoms with Crippen LogP contribution in [0.5, 0.6) is 0 Å². The van der Waals surface area contributed by atoms with Gasteiger partial charge >= 0.3 is 0 Å². The molecule has 0 rings (SSSR count). The topological polar surface area (TPSA) is 47.6 Å². The highest BCUT2D eigenvalue weighted by atomic mass is 16.6. The zero-order chi connectivity index (χ0) is 16.0. The van der Waals surface area contributed by atoms with E-state index in [2.05, 4.69) is 33.0 Å². The van der Waals surface area contributed by atoms with Gasteiger partial charge in [-0.3, -0.25) is 4.79 Å². The van der Waals surface area contributed by atoms with Crippen LogP contribution < -0.4 is 5.32 Å². The average Bonchev–Trinajstić information content (AvgIpc) is 2.32. The molecule has 0 unspecified atom stereocenters. The van der Waals surface area contributed by atoms with Gasteiger partial charge in [-0.15, -0.1) is 0 Å². The van der Waals surface area contributed by atoms with E-state index >= 15 is 0 Å². The Balaban J connectivity index is 3.99. The van der Waals surface area contributed by atoms with Crippen molar-refractivity contribution in [2.45, 2.75) is 66.6 Å². The first-order valence-electron chi connectivity index (χ1n) is 7.53. The van der Waals surface area contributed by atoms with Crippen molar-refractivity contribution < 1.29 is 14.3 Å². The van der Waals surface area contributed by atoms with E-state index in [1.807, 2.05) is 27.7 Å². The molecule has 0 saturated heterocycles. The summed E-state index contributed by atoms with van der Waals surface area (Å²) in [6.45, 7) is 17.8. The van der Waals surface area contributed by atoms with E-state index < -0.39 is 0 Å². The van der Waals surface area contributed by atoms with Crippen molar-refractivity contribution in [1.29, 1.82) is 0 Å². The van der Waals surface area contributed by atoms with E-state index in [1.54, 1.807) is 0 Å². The number of carbonyl (C=O) groups is 1. The van der Waals surface area contributed by atoms with Crippen LogP contribution in [0, 0.1) is 11.8 Å². The van der Waals surface area contributed by atoms with Crippen LogP contribution in [-0.2, 0) is 14.3 Å². The molecule has 120 valence electrons. The molecule has 0 atom stereocenters. The number of carbonyl (C=O) groups excluding carboxylic acids is 1. The molecule has 4 nitrogen and oxygen atoms in total. The number of ether oxygens (including phenoxy) is 2. The second kappa shape index (κ2) is 7.99. The summed E-state index contributed by atoms with van der Waals surface area (Å²) in [5.74, 6) is 0.519. The quantitative estimate of drug-likeness (QED) is 0.663. The van der Waals surface area contributed by atoms with Gasteiger partial charge in [0.25, 0.3) is 0 Å². The molecule has 1 N–H and O–H groups in total. The van der Waals surface area contributed by atoms with Crippen molar-refractivity contribution >= 4 is 5.91 Å². The van der Waals surface area contributed by atoms with Gasteiger partial charge in [0.1, 0.15) is 0 Å². The van der Waals surface area contributed by atoms with Crippen molar-refractivity contribution in [3.63, 3.8) is 0 Å². The summed E-state index contributed by atoms with van der Waals surface area (Å²) < 4.78 is 11.8. The number of nitrogens with one attached hydrogen (secondary N) is 1. The molecule has 0 aliphatic heterocycles. The Morgan fingerprint density at radius 1 is 1.05 bits per heavy atom. The van der Waals surface area contributed by atoms with Crippen LogP contribution in [0.25, 0.3) is 0 Å². The lowest BCUT2D eigenvalue weighted by molar-refractivity contribution is -0.134. The summed E-state index contributed by atoms with van der Waals surface area (Å²) >= 11 is 0. The molecule has 0 aromatic heterocycles. The largest absolute Gasteiger partial charge is 0.372 e. The molecule has 4 heteroatoms. The van der Waals surface area contributed by atoms with Gasteiger partial charge in [0.05, 0.1) is 24.4 Å². The lowest BCUT2D eigenvalue weighted by Gasteiger charge is -2.34. The molecule has 0 aromatic rings. The monoisotopic (exact) mass is 287 g/mol. The Kier molecular flexibility index (Phi) is 7.74. The van der Waals surface area contributed by atoms with Gasteiger partial charge < -0.3 is 14.8 Å². The molecule has 0 aromatic carbocycles. The number of amides is 1. The zero-order valence-corrected chi connectivity index (χ0v) is 14.5. The van der Waals surface area contributed by atoms with Crippen LogP contribution in [0.4, 0.5) is 0 Å². The summed E-state index contributed by atoms with van der Waals surface area (Å²) in [5.41, 5.74) is -0.513. The summed E-state index contributed by atoms with van der Waals surface area (Å²) in [4.78, 5) is 11.4. The molecule has 1 amide bonds. The lowest BCUT2D eigenvalue weighted by atomic mass is 9.94. The number of hydrogen-bond donors (Lipinski definition) is 1. The van der Waals surface area contributed by atoms with E-state index in [0.29, 0.717) is 25.7 Å². The zero-order valence-electron chi connectivity index (χ0n) is 14.5. The Morgan fingerprint density at radius 2 is 1.60 bits per heavy atom. The Morgan fingerprint density at radius 3 is 2.05 bits per heavy atom. The third kappa shape index (κ3) is 7.85. The van der Waals surface area contributed by atoms with Gasteiger partial charge in [-0.25, -0.2) is 0 Å². The van der Waals surface area contributed by atoms with Crippen LogP contribution in [0.3, 0.4) is 0 Å². The molecule has 0 spiro atoms. The van der Waals surface area contributed by atoms with Crippen molar-refractivity contribution in [3.05, 3.63) is 0 Å². The van der Waals surface area contributed by atoms with E-state index in [9.17, 15) is 4.79 Å². The maximum Gasteiger partial charge on any atom is 0.222 e. The van der Waals surface area contributed by atoms with Gasteiger partial charge in [0, 0.05) is 12.5 Å². The third-order valence-electron chi connectivity index (χ3n) is 3.60. The predicted octanol–water partition coefficient (Wildman–Crippen LogP) is 3.01. The highest BCUT2D eigenvalue weighted by molar-refractivity contribution is 5.77. The standard InChI is InChI=1S/C16H33NO3/c1-12(2)14(18)17-9-10-19-15(5,6)11-20-16(7,8)13(3)4/h12-13H,9-11H2,1-8H3,(H,17,18). The maximum atomic E-state index is 11.4. The minimum Gasteiger partial charge on any atom is -0.372 e. The van der Waals surface area contributed by atoms with Gasteiger partial charge in [-0.2, -0.15) is 0 Å². The van der Waals surface area contributed by atoms with Crippen molar-refractivity contribution in [2.24, 2.45) is 11.8 Å². The highest BCUT2D eigenvalue weighted by Crippen LogP contribution is 2.23. The van der Waals surface area contributed by atoms with Gasteiger partial charge in [0.15, 0.2) is 0 Å². The molecule has 0 heterocycles. The molecule has 20 heavy (non-hydrogen) atoms. The molecule has 0 aliphatic carbocycles. The Hall–Kier alpha value is -0.610. The smallest absolute Gasteiger partial charge is 0.222 e. The first-order valence-corrected chi connectivity index (χ1v) is 7.53. The second-order valence-corrected chi connectivity index (χ2v) is 7.10. The van der Waals surface area contributed by atoms with Crippen LogP contribution >= 0.6 is 0 Å². The van der Waals surface area contributed by atoms with Crippen molar-refractivity contribution in [2.75, 3.05) is 19.8 Å². The summed E-state index contributed by atoms with van der Waals surface area (Å²) in [7, 11) is 0. The molecule has 0 radical (unpaired) electrons. The second-order valence-electron chi connectivity index (χ2n) is 7.10. The molecule has 0 fully saturated rings. The van der Waals surface area contributed by atoms with E-state index in [0.717, 1.165) is 0 Å². The fraction of sp³-hybridized carbons (Fsp3) is 0.938. The van der Waals surface area contributed by atoms with Crippen LogP contribution in [0.15, 0.2) is 0 Å². The Bertz CT molecular complexity index is 296. The van der Waals surface area contributed by atoms with Crippen LogP contribution in [0.1, 0.15) is 55.4 Å². The van der Waals surface area contributed by atoms with E-state index in [1.165, 1.54) is 0 Å². The van der Waals surface area contributed by atoms with Gasteiger partial charge in [-0.05, 0) is 33.6 Å². The van der Waals surface area contributed by atoms with Crippen LogP contribution in [-0.4, -0.2) is 36.9 Å². The number of hydrogen-bond acceptors (Lipinski definition) is 3. The molecule has 0 saturated carbocycles. The van der Waals surface area contributed by atoms with Crippen molar-refractivity contribution in [3.8, 4) is 0 Å². The minimum atomic E-state index is -0.352. The summed E-state index contributed by atoms with van der Waals surface area (Å²) in [6.07, 6.45) is 0. The van der Waals surface area contributed by atoms with Gasteiger partial charge in [-0.1, -0.05) is 27.7 Å². The maximum absolute atomic E-state index is 11.4. The average molecular weight is 287 g/mol. The summed E-state index contributed by atoms with van der Waals surface area (Å²) in [5, 5.41) is 2.84. The normalized spacial score (nSPS) is 13.1. The fourth-order valence-corrected chi connectivity index (χ4v) is 1.27. The molecule has 0 bridgehead atoms. The molecule has 0 aliphatic rings. The number of rotatable bonds is 9. The van der Waals surface area contributed by atoms with Gasteiger partial charge in [0.2, 0.25) is 5.91 Å². The first kappa shape index (κ1) is 19.4. The Labute approximate surface area is 124 Å². The predicted molar refractivity (Wildman–Crippen MR) is 82.7 cm³/mol. The van der Waals surface area contributed by atoms with Crippen LogP contribution in [0.2, 0.25) is 0 Å². The SMILES string of the molecule is CC(C)C(=O)NCCOC(C)(C)COC(C)(C)C(C)C. The summed E-state index contributed by atoms with van der Waals surface area (Å²) in [6, 6.07) is 0. The molecular weight excluding hydrogens is 254 g/mol. The van der Waals surface area contributed by atoms with Crippen molar-refractivity contribution in [1.82, 2.24) is 5.32 Å². The minimum absolute atomic E-state index is 0.0122. The first-order chi connectivity index (χ1) is 8.98. The lowest BCUT2D eigenvalue weighted by Crippen LogP contribution is -2.40. The highest BCUT2D eigenvalue weighted by Gasteiger charge is 2.27. The molecular formula is C16H33NO3.